The van der Waals surface area contributed by atoms with Crippen molar-refractivity contribution in [1.29, 1.82) is 0 Å². The smallest absolute Gasteiger partial charge is 0.149 e. The molecule has 0 amide bonds. The Balaban J connectivity index is 2.55. The summed E-state index contributed by atoms with van der Waals surface area (Å²) in [5.74, 6) is -0.0832. The number of benzene rings is 2. The molecule has 0 aliphatic heterocycles. The van der Waals surface area contributed by atoms with Crippen molar-refractivity contribution in [3.8, 4) is 0 Å². The molecule has 0 aliphatic rings. The van der Waals surface area contributed by atoms with Crippen LogP contribution in [-0.2, 0) is 9.84 Å². The minimum absolute atomic E-state index is 0.0832. The molecule has 0 saturated heterocycles. The van der Waals surface area contributed by atoms with Crippen molar-refractivity contribution < 1.29 is 8.42 Å². The van der Waals surface area contributed by atoms with Gasteiger partial charge in [0.05, 0.1) is 11.1 Å². The van der Waals surface area contributed by atoms with Crippen molar-refractivity contribution in [2.45, 2.75) is 5.38 Å². The second kappa shape index (κ2) is 5.08. The summed E-state index contributed by atoms with van der Waals surface area (Å²) >= 11 is 12.3. The quantitative estimate of drug-likeness (QED) is 0.808. The Bertz CT molecular complexity index is 680. The largest absolute Gasteiger partial charge is 0.229 e. The van der Waals surface area contributed by atoms with E-state index >= 15 is 0 Å². The highest BCUT2D eigenvalue weighted by atomic mass is 35.5. The van der Waals surface area contributed by atoms with E-state index in [0.717, 1.165) is 16.3 Å². The lowest BCUT2D eigenvalue weighted by Gasteiger charge is -2.12. The standard InChI is InChI=1S/C13H12Cl2O2S/c1-18(16,17)8-13(15)11-6-7-12(14)10-5-3-2-4-9(10)11/h2-7,13H,8H2,1H3. The molecule has 0 aromatic heterocycles. The lowest BCUT2D eigenvalue weighted by atomic mass is 10.0. The van der Waals surface area contributed by atoms with Crippen LogP contribution in [0.4, 0.5) is 0 Å². The van der Waals surface area contributed by atoms with E-state index in [1.165, 1.54) is 6.26 Å². The number of hydrogen-bond donors (Lipinski definition) is 0. The van der Waals surface area contributed by atoms with Gasteiger partial charge in [-0.15, -0.1) is 11.6 Å². The van der Waals surface area contributed by atoms with E-state index in [0.29, 0.717) is 5.02 Å². The first-order chi connectivity index (χ1) is 8.38. The highest BCUT2D eigenvalue weighted by molar-refractivity contribution is 7.90. The predicted octanol–water partition coefficient (Wildman–Crippen LogP) is 3.82. The summed E-state index contributed by atoms with van der Waals surface area (Å²) in [7, 11) is -3.12. The van der Waals surface area contributed by atoms with Crippen LogP contribution < -0.4 is 0 Å². The molecule has 0 saturated carbocycles. The van der Waals surface area contributed by atoms with Gasteiger partial charge in [0.2, 0.25) is 0 Å². The summed E-state index contributed by atoms with van der Waals surface area (Å²) in [6.45, 7) is 0. The van der Waals surface area contributed by atoms with Gasteiger partial charge in [-0.05, 0) is 17.0 Å². The summed E-state index contributed by atoms with van der Waals surface area (Å²) in [5, 5.41) is 1.85. The molecule has 5 heteroatoms. The van der Waals surface area contributed by atoms with Crippen LogP contribution in [0.15, 0.2) is 36.4 Å². The SMILES string of the molecule is CS(=O)(=O)CC(Cl)c1ccc(Cl)c2ccccc12. The van der Waals surface area contributed by atoms with Crippen molar-refractivity contribution in [3.05, 3.63) is 47.0 Å². The Hall–Kier alpha value is -0.770. The van der Waals surface area contributed by atoms with E-state index in [9.17, 15) is 8.42 Å². The fraction of sp³-hybridized carbons (Fsp3) is 0.231. The van der Waals surface area contributed by atoms with Crippen LogP contribution in [0.3, 0.4) is 0 Å². The monoisotopic (exact) mass is 302 g/mol. The number of fused-ring (bicyclic) bond motifs is 1. The number of sulfone groups is 1. The Kier molecular flexibility index (Phi) is 3.85. The van der Waals surface area contributed by atoms with Gasteiger partial charge in [-0.3, -0.25) is 0 Å². The molecule has 1 atom stereocenters. The van der Waals surface area contributed by atoms with Crippen LogP contribution in [0.5, 0.6) is 0 Å². The lowest BCUT2D eigenvalue weighted by Crippen LogP contribution is -2.09. The first-order valence-electron chi connectivity index (χ1n) is 5.37. The van der Waals surface area contributed by atoms with Gasteiger partial charge in [0.15, 0.2) is 0 Å². The zero-order valence-corrected chi connectivity index (χ0v) is 12.1. The summed E-state index contributed by atoms with van der Waals surface area (Å²) < 4.78 is 22.6. The first-order valence-corrected chi connectivity index (χ1v) is 8.25. The van der Waals surface area contributed by atoms with Gasteiger partial charge in [-0.2, -0.15) is 0 Å². The van der Waals surface area contributed by atoms with Crippen molar-refractivity contribution in [2.24, 2.45) is 0 Å². The molecule has 2 aromatic carbocycles. The highest BCUT2D eigenvalue weighted by Crippen LogP contribution is 2.33. The third-order valence-corrected chi connectivity index (χ3v) is 4.53. The molecule has 18 heavy (non-hydrogen) atoms. The van der Waals surface area contributed by atoms with Gasteiger partial charge in [-0.25, -0.2) is 8.42 Å². The van der Waals surface area contributed by atoms with Crippen LogP contribution >= 0.6 is 23.2 Å². The predicted molar refractivity (Wildman–Crippen MR) is 77.3 cm³/mol. The van der Waals surface area contributed by atoms with Crippen LogP contribution in [0.25, 0.3) is 10.8 Å². The van der Waals surface area contributed by atoms with E-state index < -0.39 is 15.2 Å². The molecule has 1 unspecified atom stereocenters. The van der Waals surface area contributed by atoms with Crippen molar-refractivity contribution in [2.75, 3.05) is 12.0 Å². The van der Waals surface area contributed by atoms with Crippen LogP contribution in [0.2, 0.25) is 5.02 Å². The fourth-order valence-electron chi connectivity index (χ4n) is 1.91. The van der Waals surface area contributed by atoms with Gasteiger partial charge in [0.1, 0.15) is 9.84 Å². The molecule has 2 aromatic rings. The van der Waals surface area contributed by atoms with Crippen molar-refractivity contribution in [1.82, 2.24) is 0 Å². The highest BCUT2D eigenvalue weighted by Gasteiger charge is 2.17. The van der Waals surface area contributed by atoms with Gasteiger partial charge < -0.3 is 0 Å². The summed E-state index contributed by atoms with van der Waals surface area (Å²) in [4.78, 5) is 0. The maximum atomic E-state index is 11.3. The molecule has 0 spiro atoms. The second-order valence-electron chi connectivity index (χ2n) is 4.24. The molecule has 0 heterocycles. The Morgan fingerprint density at radius 1 is 1.11 bits per heavy atom. The Morgan fingerprint density at radius 3 is 2.33 bits per heavy atom. The molecular weight excluding hydrogens is 291 g/mol. The zero-order valence-electron chi connectivity index (χ0n) is 9.73. The molecule has 0 fully saturated rings. The van der Waals surface area contributed by atoms with Gasteiger partial charge in [0.25, 0.3) is 0 Å². The minimum atomic E-state index is -3.12. The first kappa shape index (κ1) is 13.7. The minimum Gasteiger partial charge on any atom is -0.229 e. The maximum absolute atomic E-state index is 11.3. The van der Waals surface area contributed by atoms with Crippen molar-refractivity contribution in [3.63, 3.8) is 0 Å². The molecule has 0 N–H and O–H groups in total. The molecule has 2 rings (SSSR count). The molecular formula is C13H12Cl2O2S. The molecule has 0 aliphatic carbocycles. The number of alkyl halides is 1. The molecule has 0 bridgehead atoms. The second-order valence-corrected chi connectivity index (χ2v) is 7.36. The topological polar surface area (TPSA) is 34.1 Å². The van der Waals surface area contributed by atoms with E-state index in [1.54, 1.807) is 12.1 Å². The van der Waals surface area contributed by atoms with E-state index in [4.69, 9.17) is 23.2 Å². The third kappa shape index (κ3) is 2.97. The summed E-state index contributed by atoms with van der Waals surface area (Å²) in [6.07, 6.45) is 1.18. The van der Waals surface area contributed by atoms with E-state index in [-0.39, 0.29) is 5.75 Å². The Morgan fingerprint density at radius 2 is 1.72 bits per heavy atom. The average molecular weight is 303 g/mol. The zero-order chi connectivity index (χ0) is 13.3. The van der Waals surface area contributed by atoms with Gasteiger partial charge in [0, 0.05) is 16.7 Å². The fourth-order valence-corrected chi connectivity index (χ4v) is 3.73. The van der Waals surface area contributed by atoms with Crippen LogP contribution in [0, 0.1) is 0 Å². The number of hydrogen-bond acceptors (Lipinski definition) is 2. The van der Waals surface area contributed by atoms with Crippen LogP contribution in [0.1, 0.15) is 10.9 Å². The van der Waals surface area contributed by atoms with Gasteiger partial charge >= 0.3 is 0 Å². The number of rotatable bonds is 3. The normalized spacial score (nSPS) is 13.7. The average Bonchev–Trinajstić information content (AvgIpc) is 2.27. The van der Waals surface area contributed by atoms with Crippen molar-refractivity contribution >= 4 is 43.8 Å². The molecule has 2 nitrogen and oxygen atoms in total. The van der Waals surface area contributed by atoms with Crippen LogP contribution in [-0.4, -0.2) is 20.4 Å². The summed E-state index contributed by atoms with van der Waals surface area (Å²) in [5.41, 5.74) is 0.794. The number of halogens is 2. The lowest BCUT2D eigenvalue weighted by molar-refractivity contribution is 0.600. The maximum Gasteiger partial charge on any atom is 0.149 e. The van der Waals surface area contributed by atoms with Gasteiger partial charge in [-0.1, -0.05) is 41.9 Å². The Labute approximate surface area is 116 Å². The molecule has 96 valence electrons. The third-order valence-electron chi connectivity index (χ3n) is 2.69. The summed E-state index contributed by atoms with van der Waals surface area (Å²) in [6, 6.07) is 11.1. The van der Waals surface area contributed by atoms with E-state index in [1.807, 2.05) is 24.3 Å². The molecule has 0 radical (unpaired) electrons. The van der Waals surface area contributed by atoms with E-state index in [2.05, 4.69) is 0 Å².